The molecule has 0 bridgehead atoms. The minimum atomic E-state index is -0.702. The quantitative estimate of drug-likeness (QED) is 0.430. The number of rotatable bonds is 10. The van der Waals surface area contributed by atoms with Crippen LogP contribution in [0.1, 0.15) is 76.6 Å². The summed E-state index contributed by atoms with van der Waals surface area (Å²) >= 11 is 0. The summed E-state index contributed by atoms with van der Waals surface area (Å²) in [5.41, 5.74) is 2.32. The average Bonchev–Trinajstić information content (AvgIpc) is 3.07. The minimum Gasteiger partial charge on any atom is -0.497 e. The number of aromatic nitrogens is 1. The molecule has 2 aromatic rings. The largest absolute Gasteiger partial charge is 0.497 e. The van der Waals surface area contributed by atoms with Crippen molar-refractivity contribution in [2.75, 3.05) is 20.3 Å². The van der Waals surface area contributed by atoms with Gasteiger partial charge in [-0.05, 0) is 69.9 Å². The van der Waals surface area contributed by atoms with Crippen molar-refractivity contribution in [2.24, 2.45) is 5.92 Å². The number of methoxy groups -OCH3 is 1. The monoisotopic (exact) mass is 442 g/mol. The Morgan fingerprint density at radius 3 is 2.22 bits per heavy atom. The third kappa shape index (κ3) is 5.58. The number of esters is 1. The zero-order valence-electron chi connectivity index (χ0n) is 20.1. The third-order valence-corrected chi connectivity index (χ3v) is 5.56. The van der Waals surface area contributed by atoms with Crippen LogP contribution in [-0.4, -0.2) is 53.8 Å². The van der Waals surface area contributed by atoms with E-state index in [4.69, 9.17) is 9.47 Å². The van der Waals surface area contributed by atoms with Crippen LogP contribution < -0.4 is 4.74 Å². The Kier molecular flexibility index (Phi) is 8.63. The summed E-state index contributed by atoms with van der Waals surface area (Å²) in [7, 11) is 1.57. The van der Waals surface area contributed by atoms with Crippen molar-refractivity contribution in [3.8, 4) is 5.75 Å². The lowest BCUT2D eigenvalue weighted by atomic mass is 9.98. The molecule has 1 unspecified atom stereocenters. The minimum absolute atomic E-state index is 0.211. The number of carbonyl (C=O) groups excluding carboxylic acids is 3. The van der Waals surface area contributed by atoms with Crippen molar-refractivity contribution in [1.82, 2.24) is 9.88 Å². The van der Waals surface area contributed by atoms with E-state index in [0.29, 0.717) is 40.6 Å². The molecule has 1 aromatic carbocycles. The average molecular weight is 443 g/mol. The first kappa shape index (κ1) is 25.2. The number of benzene rings is 1. The molecule has 0 aliphatic heterocycles. The Labute approximate surface area is 190 Å². The molecule has 0 spiro atoms. The van der Waals surface area contributed by atoms with Gasteiger partial charge in [0.15, 0.2) is 5.78 Å². The van der Waals surface area contributed by atoms with Crippen LogP contribution in [0.3, 0.4) is 0 Å². The highest BCUT2D eigenvalue weighted by molar-refractivity contribution is 6.07. The number of ether oxygens (including phenoxy) is 2. The number of nitrogens with zero attached hydrogens (tertiary/aromatic N) is 1. The van der Waals surface area contributed by atoms with Crippen LogP contribution in [0.25, 0.3) is 0 Å². The van der Waals surface area contributed by atoms with Gasteiger partial charge in [-0.1, -0.05) is 13.8 Å². The number of nitrogens with one attached hydrogen (secondary N) is 1. The summed E-state index contributed by atoms with van der Waals surface area (Å²) in [5, 5.41) is 0. The zero-order valence-corrected chi connectivity index (χ0v) is 20.1. The van der Waals surface area contributed by atoms with Crippen LogP contribution in [0.5, 0.6) is 5.75 Å². The van der Waals surface area contributed by atoms with Gasteiger partial charge < -0.3 is 19.4 Å². The molecular weight excluding hydrogens is 408 g/mol. The van der Waals surface area contributed by atoms with E-state index in [1.54, 1.807) is 64.0 Å². The molecule has 0 aliphatic carbocycles. The number of hydrogen-bond acceptors (Lipinski definition) is 5. The van der Waals surface area contributed by atoms with Crippen LogP contribution in [0, 0.1) is 19.8 Å². The number of amides is 1. The van der Waals surface area contributed by atoms with Gasteiger partial charge in [-0.15, -0.1) is 0 Å². The van der Waals surface area contributed by atoms with Gasteiger partial charge in [0.25, 0.3) is 5.91 Å². The lowest BCUT2D eigenvalue weighted by molar-refractivity contribution is 0.0518. The maximum atomic E-state index is 13.5. The molecule has 0 radical (unpaired) electrons. The van der Waals surface area contributed by atoms with Crippen molar-refractivity contribution >= 4 is 17.7 Å². The number of aromatic amines is 1. The normalized spacial score (nSPS) is 11.9. The summed E-state index contributed by atoms with van der Waals surface area (Å²) in [5.74, 6) is 0.105. The Hall–Kier alpha value is -3.09. The molecule has 174 valence electrons. The van der Waals surface area contributed by atoms with Crippen LogP contribution in [-0.2, 0) is 4.74 Å². The number of hydrogen-bond donors (Lipinski definition) is 1. The maximum Gasteiger partial charge on any atom is 0.355 e. The van der Waals surface area contributed by atoms with Gasteiger partial charge in [-0.3, -0.25) is 9.59 Å². The molecule has 0 fully saturated rings. The Balaban J connectivity index is 2.38. The molecule has 7 nitrogen and oxygen atoms in total. The highest BCUT2D eigenvalue weighted by atomic mass is 16.5. The van der Waals surface area contributed by atoms with Crippen LogP contribution in [0.4, 0.5) is 0 Å². The van der Waals surface area contributed by atoms with Crippen molar-refractivity contribution in [2.45, 2.75) is 54.0 Å². The van der Waals surface area contributed by atoms with Crippen LogP contribution in [0.2, 0.25) is 0 Å². The number of aryl methyl sites for hydroxylation is 1. The van der Waals surface area contributed by atoms with Gasteiger partial charge in [0.1, 0.15) is 11.4 Å². The number of Topliss-reactive ketones (excluding diaryl/α,β-unsaturated/α-hetero) is 1. The van der Waals surface area contributed by atoms with E-state index in [9.17, 15) is 14.4 Å². The number of carbonyl (C=O) groups is 3. The van der Waals surface area contributed by atoms with Crippen LogP contribution in [0.15, 0.2) is 24.3 Å². The molecule has 7 heteroatoms. The summed E-state index contributed by atoms with van der Waals surface area (Å²) in [4.78, 5) is 43.7. The third-order valence-electron chi connectivity index (χ3n) is 5.56. The smallest absolute Gasteiger partial charge is 0.355 e. The predicted octanol–water partition coefficient (Wildman–Crippen LogP) is 4.58. The van der Waals surface area contributed by atoms with E-state index in [1.165, 1.54) is 0 Å². The maximum absolute atomic E-state index is 13.5. The highest BCUT2D eigenvalue weighted by Crippen LogP contribution is 2.24. The lowest BCUT2D eigenvalue weighted by Crippen LogP contribution is -2.44. The van der Waals surface area contributed by atoms with Gasteiger partial charge in [-0.25, -0.2) is 4.79 Å². The van der Waals surface area contributed by atoms with Crippen molar-refractivity contribution in [3.63, 3.8) is 0 Å². The second-order valence-corrected chi connectivity index (χ2v) is 8.30. The van der Waals surface area contributed by atoms with Crippen LogP contribution >= 0.6 is 0 Å². The van der Waals surface area contributed by atoms with Crippen molar-refractivity contribution in [3.05, 3.63) is 52.3 Å². The molecule has 1 heterocycles. The predicted molar refractivity (Wildman–Crippen MR) is 124 cm³/mol. The van der Waals surface area contributed by atoms with Crippen molar-refractivity contribution in [1.29, 1.82) is 0 Å². The van der Waals surface area contributed by atoms with Gasteiger partial charge in [-0.2, -0.15) is 0 Å². The van der Waals surface area contributed by atoms with Gasteiger partial charge >= 0.3 is 5.97 Å². The Bertz CT molecular complexity index is 959. The molecule has 0 aliphatic rings. The molecule has 1 amide bonds. The second-order valence-electron chi connectivity index (χ2n) is 8.30. The topological polar surface area (TPSA) is 88.7 Å². The van der Waals surface area contributed by atoms with E-state index >= 15 is 0 Å². The second kappa shape index (κ2) is 11.0. The zero-order chi connectivity index (χ0) is 24.0. The molecule has 0 saturated heterocycles. The number of ketones is 1. The fraction of sp³-hybridized carbons (Fsp3) is 0.480. The lowest BCUT2D eigenvalue weighted by Gasteiger charge is -2.29. The SMILES string of the molecule is CCOC(=O)c1[nH]c(C)c(C(=O)C(C)N(CCC(C)C)C(=O)c2ccc(OC)cc2)c1C. The van der Waals surface area contributed by atoms with Gasteiger partial charge in [0.05, 0.1) is 19.8 Å². The molecular formula is C25H34N2O5. The summed E-state index contributed by atoms with van der Waals surface area (Å²) in [6.07, 6.45) is 0.763. The summed E-state index contributed by atoms with van der Waals surface area (Å²) < 4.78 is 10.3. The van der Waals surface area contributed by atoms with Crippen molar-refractivity contribution < 1.29 is 23.9 Å². The first-order valence-electron chi connectivity index (χ1n) is 11.0. The molecule has 0 saturated carbocycles. The molecule has 1 N–H and O–H groups in total. The first-order chi connectivity index (χ1) is 15.1. The highest BCUT2D eigenvalue weighted by Gasteiger charge is 2.31. The van der Waals surface area contributed by atoms with E-state index in [2.05, 4.69) is 18.8 Å². The molecule has 2 rings (SSSR count). The standard InChI is InChI=1S/C25H34N2O5/c1-8-32-25(30)22-16(4)21(17(5)26-22)23(28)18(6)27(14-13-15(2)3)24(29)19-9-11-20(31-7)12-10-19/h9-12,15,18,26H,8,13-14H2,1-7H3. The summed E-state index contributed by atoms with van der Waals surface area (Å²) in [6, 6.07) is 6.16. The van der Waals surface area contributed by atoms with E-state index in [0.717, 1.165) is 6.42 Å². The van der Waals surface area contributed by atoms with Gasteiger partial charge in [0.2, 0.25) is 0 Å². The van der Waals surface area contributed by atoms with E-state index < -0.39 is 12.0 Å². The fourth-order valence-electron chi connectivity index (χ4n) is 3.65. The van der Waals surface area contributed by atoms with E-state index in [-0.39, 0.29) is 24.0 Å². The Morgan fingerprint density at radius 2 is 1.69 bits per heavy atom. The summed E-state index contributed by atoms with van der Waals surface area (Å²) in [6.45, 7) is 11.8. The number of H-pyrrole nitrogens is 1. The fourth-order valence-corrected chi connectivity index (χ4v) is 3.65. The first-order valence-corrected chi connectivity index (χ1v) is 11.0. The van der Waals surface area contributed by atoms with E-state index in [1.807, 2.05) is 0 Å². The molecule has 1 atom stereocenters. The molecule has 32 heavy (non-hydrogen) atoms. The van der Waals surface area contributed by atoms with Gasteiger partial charge in [0, 0.05) is 23.4 Å². The molecule has 1 aromatic heterocycles. The Morgan fingerprint density at radius 1 is 1.06 bits per heavy atom.